The molecule has 0 heterocycles. The van der Waals surface area contributed by atoms with E-state index in [2.05, 4.69) is 9.05 Å². The van der Waals surface area contributed by atoms with Gasteiger partial charge in [0.2, 0.25) is 0 Å². The molecule has 0 N–H and O–H groups in total. The van der Waals surface area contributed by atoms with Gasteiger partial charge >= 0.3 is 13.8 Å². The van der Waals surface area contributed by atoms with E-state index >= 15 is 0 Å². The third-order valence-corrected chi connectivity index (χ3v) is 2.96. The van der Waals surface area contributed by atoms with E-state index in [1.807, 2.05) is 0 Å². The molecule has 0 aromatic heterocycles. The Balaban J connectivity index is 4.25. The van der Waals surface area contributed by atoms with Gasteiger partial charge in [-0.05, 0) is 6.92 Å². The highest BCUT2D eigenvalue weighted by Crippen LogP contribution is 2.49. The molecule has 0 unspecified atom stereocenters. The van der Waals surface area contributed by atoms with E-state index < -0.39 is 13.8 Å². The summed E-state index contributed by atoms with van der Waals surface area (Å²) in [5.74, 6) is -0.558. The zero-order valence-corrected chi connectivity index (χ0v) is 11.2. The molecule has 0 saturated heterocycles. The van der Waals surface area contributed by atoms with Gasteiger partial charge in [0.1, 0.15) is 12.4 Å². The Morgan fingerprint density at radius 1 is 1.18 bits per heavy atom. The van der Waals surface area contributed by atoms with Crippen LogP contribution in [0.1, 0.15) is 6.92 Å². The summed E-state index contributed by atoms with van der Waals surface area (Å²) in [6, 6.07) is 0. The van der Waals surface area contributed by atoms with Crippen LogP contribution in [-0.2, 0) is 32.4 Å². The second kappa shape index (κ2) is 8.25. The first-order chi connectivity index (χ1) is 7.97. The molecule has 0 saturated carbocycles. The van der Waals surface area contributed by atoms with E-state index in [1.165, 1.54) is 28.3 Å². The van der Waals surface area contributed by atoms with Gasteiger partial charge in [0.15, 0.2) is 0 Å². The number of allylic oxidation sites excluding steroid dienone is 1. The van der Waals surface area contributed by atoms with Crippen LogP contribution in [0.4, 0.5) is 0 Å². The maximum Gasteiger partial charge on any atom is 0.529 e. The van der Waals surface area contributed by atoms with Gasteiger partial charge in [-0.2, -0.15) is 0 Å². The van der Waals surface area contributed by atoms with Crippen LogP contribution >= 0.6 is 7.82 Å². The first kappa shape index (κ1) is 16.1. The third kappa shape index (κ3) is 7.12. The number of carbonyl (C=O) groups excluding carboxylic acids is 1. The summed E-state index contributed by atoms with van der Waals surface area (Å²) < 4.78 is 34.9. The zero-order valence-electron chi connectivity index (χ0n) is 10.3. The number of phosphoric ester groups is 1. The van der Waals surface area contributed by atoms with Gasteiger partial charge in [0, 0.05) is 21.3 Å². The van der Waals surface area contributed by atoms with Crippen molar-refractivity contribution < 1.29 is 32.4 Å². The Bertz CT molecular complexity index is 304. The molecule has 0 atom stereocenters. The molecule has 0 radical (unpaired) electrons. The number of ether oxygens (including phenoxy) is 2. The van der Waals surface area contributed by atoms with E-state index in [0.29, 0.717) is 6.61 Å². The molecule has 7 nitrogen and oxygen atoms in total. The number of esters is 1. The molecule has 0 aliphatic carbocycles. The van der Waals surface area contributed by atoms with Gasteiger partial charge in [0.25, 0.3) is 0 Å². The fourth-order valence-electron chi connectivity index (χ4n) is 0.785. The van der Waals surface area contributed by atoms with E-state index in [1.54, 1.807) is 0 Å². The highest BCUT2D eigenvalue weighted by Gasteiger charge is 2.24. The summed E-state index contributed by atoms with van der Waals surface area (Å²) in [5.41, 5.74) is 0. The quantitative estimate of drug-likeness (QED) is 0.217. The van der Waals surface area contributed by atoms with E-state index in [-0.39, 0.29) is 12.4 Å². The standard InChI is InChI=1S/C9H17O7P/c1-8(16-17(11,13-3)14-4)7-9(10)15-6-5-12-2/h7H,5-6H2,1-4H3. The SMILES string of the molecule is COCCOC(=O)C=C(C)OP(=O)(OC)OC. The summed E-state index contributed by atoms with van der Waals surface area (Å²) in [4.78, 5) is 11.2. The summed E-state index contributed by atoms with van der Waals surface area (Å²) in [7, 11) is 0.216. The number of carbonyl (C=O) groups is 1. The van der Waals surface area contributed by atoms with Crippen LogP contribution in [0.2, 0.25) is 0 Å². The fraction of sp³-hybridized carbons (Fsp3) is 0.667. The number of methoxy groups -OCH3 is 1. The summed E-state index contributed by atoms with van der Waals surface area (Å²) in [6.45, 7) is 1.86. The Hall–Kier alpha value is -0.880. The van der Waals surface area contributed by atoms with Gasteiger partial charge in [-0.1, -0.05) is 0 Å². The molecular formula is C9H17O7P. The van der Waals surface area contributed by atoms with Crippen molar-refractivity contribution >= 4 is 13.8 Å². The number of rotatable bonds is 8. The topological polar surface area (TPSA) is 80.3 Å². The van der Waals surface area contributed by atoms with Crippen LogP contribution in [0.5, 0.6) is 0 Å². The molecule has 0 spiro atoms. The molecule has 0 aliphatic rings. The van der Waals surface area contributed by atoms with Crippen molar-refractivity contribution in [2.45, 2.75) is 6.92 Å². The van der Waals surface area contributed by atoms with Crippen LogP contribution in [0.3, 0.4) is 0 Å². The Morgan fingerprint density at radius 3 is 2.24 bits per heavy atom. The molecule has 0 aliphatic heterocycles. The lowest BCUT2D eigenvalue weighted by atomic mass is 10.5. The van der Waals surface area contributed by atoms with Gasteiger partial charge < -0.3 is 14.0 Å². The molecule has 0 amide bonds. The predicted octanol–water partition coefficient (Wildman–Crippen LogP) is 1.50. The second-order valence-corrected chi connectivity index (χ2v) is 4.63. The van der Waals surface area contributed by atoms with Crippen molar-refractivity contribution in [2.24, 2.45) is 0 Å². The number of hydrogen-bond donors (Lipinski definition) is 0. The molecule has 100 valence electrons. The van der Waals surface area contributed by atoms with Crippen molar-refractivity contribution in [3.63, 3.8) is 0 Å². The zero-order chi connectivity index (χ0) is 13.3. The minimum Gasteiger partial charge on any atom is -0.460 e. The minimum atomic E-state index is -3.63. The van der Waals surface area contributed by atoms with Crippen molar-refractivity contribution in [2.75, 3.05) is 34.5 Å². The normalized spacial score (nSPS) is 12.4. The second-order valence-electron chi connectivity index (χ2n) is 2.82. The summed E-state index contributed by atoms with van der Waals surface area (Å²) in [6.07, 6.45) is 1.04. The van der Waals surface area contributed by atoms with Crippen LogP contribution < -0.4 is 0 Å². The Labute approximate surface area is 100 Å². The van der Waals surface area contributed by atoms with E-state index in [0.717, 1.165) is 6.08 Å². The van der Waals surface area contributed by atoms with Crippen LogP contribution in [0.25, 0.3) is 0 Å². The first-order valence-corrected chi connectivity index (χ1v) is 6.18. The minimum absolute atomic E-state index is 0.0689. The molecule has 17 heavy (non-hydrogen) atoms. The van der Waals surface area contributed by atoms with Crippen molar-refractivity contribution in [3.8, 4) is 0 Å². The van der Waals surface area contributed by atoms with Crippen molar-refractivity contribution in [1.82, 2.24) is 0 Å². The largest absolute Gasteiger partial charge is 0.529 e. The van der Waals surface area contributed by atoms with E-state index in [9.17, 15) is 9.36 Å². The van der Waals surface area contributed by atoms with Crippen molar-refractivity contribution in [3.05, 3.63) is 11.8 Å². The van der Waals surface area contributed by atoms with Crippen LogP contribution in [0.15, 0.2) is 11.8 Å². The first-order valence-electron chi connectivity index (χ1n) is 4.72. The summed E-state index contributed by atoms with van der Waals surface area (Å²) >= 11 is 0. The monoisotopic (exact) mass is 268 g/mol. The molecular weight excluding hydrogens is 251 g/mol. The van der Waals surface area contributed by atoms with Crippen molar-refractivity contribution in [1.29, 1.82) is 0 Å². The van der Waals surface area contributed by atoms with Gasteiger partial charge in [0.05, 0.1) is 12.7 Å². The maximum atomic E-state index is 11.5. The fourth-order valence-corrected chi connectivity index (χ4v) is 1.49. The average molecular weight is 268 g/mol. The van der Waals surface area contributed by atoms with Gasteiger partial charge in [-0.15, -0.1) is 0 Å². The Morgan fingerprint density at radius 2 is 1.76 bits per heavy atom. The molecule has 0 fully saturated rings. The van der Waals surface area contributed by atoms with Gasteiger partial charge in [-0.3, -0.25) is 9.05 Å². The highest BCUT2D eigenvalue weighted by atomic mass is 31.2. The highest BCUT2D eigenvalue weighted by molar-refractivity contribution is 7.48. The summed E-state index contributed by atoms with van der Waals surface area (Å²) in [5, 5.41) is 0. The smallest absolute Gasteiger partial charge is 0.460 e. The van der Waals surface area contributed by atoms with E-state index in [4.69, 9.17) is 14.0 Å². The molecule has 0 rings (SSSR count). The number of hydrogen-bond acceptors (Lipinski definition) is 7. The predicted molar refractivity (Wildman–Crippen MR) is 59.3 cm³/mol. The lowest BCUT2D eigenvalue weighted by molar-refractivity contribution is -0.139. The third-order valence-electron chi connectivity index (χ3n) is 1.56. The lowest BCUT2D eigenvalue weighted by Gasteiger charge is -2.14. The average Bonchev–Trinajstić information content (AvgIpc) is 2.29. The lowest BCUT2D eigenvalue weighted by Crippen LogP contribution is -2.08. The van der Waals surface area contributed by atoms with Crippen LogP contribution in [-0.4, -0.2) is 40.5 Å². The molecule has 8 heteroatoms. The molecule has 0 aromatic rings. The molecule has 0 bridgehead atoms. The molecule has 0 aromatic carbocycles. The number of phosphoric acid groups is 1. The van der Waals surface area contributed by atoms with Gasteiger partial charge in [-0.25, -0.2) is 9.36 Å². The van der Waals surface area contributed by atoms with Crippen LogP contribution in [0, 0.1) is 0 Å². The Kier molecular flexibility index (Phi) is 7.82. The maximum absolute atomic E-state index is 11.5.